The van der Waals surface area contributed by atoms with E-state index in [9.17, 15) is 10.1 Å². The molecule has 0 saturated heterocycles. The Morgan fingerprint density at radius 3 is 2.82 bits per heavy atom. The lowest BCUT2D eigenvalue weighted by molar-refractivity contribution is -0.384. The van der Waals surface area contributed by atoms with Gasteiger partial charge in [0.15, 0.2) is 0 Å². The maximum Gasteiger partial charge on any atom is 0.270 e. The fourth-order valence-corrected chi connectivity index (χ4v) is 2.55. The van der Waals surface area contributed by atoms with Crippen molar-refractivity contribution in [1.82, 2.24) is 0 Å². The van der Waals surface area contributed by atoms with E-state index in [1.807, 2.05) is 0 Å². The van der Waals surface area contributed by atoms with Crippen molar-refractivity contribution in [3.8, 4) is 0 Å². The van der Waals surface area contributed by atoms with Crippen LogP contribution < -0.4 is 5.32 Å². The van der Waals surface area contributed by atoms with E-state index < -0.39 is 0 Å². The molecule has 0 amide bonds. The molecule has 1 atom stereocenters. The molecule has 1 aromatic carbocycles. The molecule has 0 spiro atoms. The first-order valence-corrected chi connectivity index (χ1v) is 6.83. The second kappa shape index (κ2) is 5.20. The molecular weight excluding hydrogens is 331 g/mol. The average Bonchev–Trinajstić information content (AvgIpc) is 3.10. The van der Waals surface area contributed by atoms with Gasteiger partial charge >= 0.3 is 0 Å². The fraction of sp³-hybridized carbons (Fsp3) is 0.500. The van der Waals surface area contributed by atoms with Gasteiger partial charge in [0.1, 0.15) is 0 Å². The zero-order valence-electron chi connectivity index (χ0n) is 9.65. The summed E-state index contributed by atoms with van der Waals surface area (Å²) >= 11 is 2.13. The predicted octanol–water partition coefficient (Wildman–Crippen LogP) is 3.66. The van der Waals surface area contributed by atoms with Crippen LogP contribution in [-0.2, 0) is 0 Å². The lowest BCUT2D eigenvalue weighted by Crippen LogP contribution is -2.13. The van der Waals surface area contributed by atoms with Crippen molar-refractivity contribution < 1.29 is 4.92 Å². The number of non-ortho nitro benzene ring substituents is 1. The van der Waals surface area contributed by atoms with Gasteiger partial charge in [-0.15, -0.1) is 0 Å². The minimum Gasteiger partial charge on any atom is -0.384 e. The number of hydrogen-bond acceptors (Lipinski definition) is 3. The molecule has 1 fully saturated rings. The van der Waals surface area contributed by atoms with Gasteiger partial charge < -0.3 is 5.32 Å². The largest absolute Gasteiger partial charge is 0.384 e. The van der Waals surface area contributed by atoms with Gasteiger partial charge in [-0.1, -0.05) is 6.92 Å². The number of nitrogens with zero attached hydrogens (tertiary/aromatic N) is 1. The molecule has 1 saturated carbocycles. The fourth-order valence-electron chi connectivity index (χ4n) is 1.86. The summed E-state index contributed by atoms with van der Waals surface area (Å²) in [5, 5.41) is 14.0. The maximum absolute atomic E-state index is 10.6. The molecule has 5 heteroatoms. The summed E-state index contributed by atoms with van der Waals surface area (Å²) < 4.78 is 0.903. The van der Waals surface area contributed by atoms with Crippen LogP contribution in [0.2, 0.25) is 0 Å². The minimum absolute atomic E-state index is 0.148. The Morgan fingerprint density at radius 1 is 1.59 bits per heavy atom. The SMILES string of the molecule is CC(CNc1ccc([N+](=O)[O-])cc1I)C1CC1. The first kappa shape index (κ1) is 12.6. The first-order chi connectivity index (χ1) is 8.08. The molecule has 0 heterocycles. The second-order valence-electron chi connectivity index (χ2n) is 4.62. The summed E-state index contributed by atoms with van der Waals surface area (Å²) in [6, 6.07) is 4.94. The van der Waals surface area contributed by atoms with Crippen molar-refractivity contribution in [1.29, 1.82) is 0 Å². The molecule has 0 aliphatic heterocycles. The quantitative estimate of drug-likeness (QED) is 0.503. The van der Waals surface area contributed by atoms with E-state index in [4.69, 9.17) is 0 Å². The minimum atomic E-state index is -0.362. The van der Waals surface area contributed by atoms with Crippen LogP contribution in [0.4, 0.5) is 11.4 Å². The molecule has 1 unspecified atom stereocenters. The number of nitro groups is 1. The van der Waals surface area contributed by atoms with E-state index in [1.54, 1.807) is 18.2 Å². The van der Waals surface area contributed by atoms with Gasteiger partial charge in [0.25, 0.3) is 5.69 Å². The van der Waals surface area contributed by atoms with Crippen molar-refractivity contribution in [3.63, 3.8) is 0 Å². The molecule has 0 radical (unpaired) electrons. The summed E-state index contributed by atoms with van der Waals surface area (Å²) in [6.45, 7) is 3.20. The Bertz CT molecular complexity index is 433. The Balaban J connectivity index is 1.98. The molecule has 1 aliphatic carbocycles. The number of benzene rings is 1. The smallest absolute Gasteiger partial charge is 0.270 e. The third-order valence-corrected chi connectivity index (χ3v) is 4.10. The topological polar surface area (TPSA) is 55.2 Å². The molecular formula is C12H15IN2O2. The molecule has 1 aliphatic rings. The highest BCUT2D eigenvalue weighted by atomic mass is 127. The van der Waals surface area contributed by atoms with Crippen molar-refractivity contribution in [2.24, 2.45) is 11.8 Å². The summed E-state index contributed by atoms with van der Waals surface area (Å²) in [7, 11) is 0. The predicted molar refractivity (Wildman–Crippen MR) is 76.2 cm³/mol. The number of hydrogen-bond donors (Lipinski definition) is 1. The zero-order valence-corrected chi connectivity index (χ0v) is 11.8. The number of anilines is 1. The maximum atomic E-state index is 10.6. The zero-order chi connectivity index (χ0) is 12.4. The average molecular weight is 346 g/mol. The highest BCUT2D eigenvalue weighted by Gasteiger charge is 2.27. The van der Waals surface area contributed by atoms with Crippen LogP contribution in [0.5, 0.6) is 0 Å². The molecule has 2 rings (SSSR count). The summed E-state index contributed by atoms with van der Waals surface area (Å²) in [6.07, 6.45) is 2.69. The van der Waals surface area contributed by atoms with Gasteiger partial charge in [-0.05, 0) is 53.3 Å². The molecule has 0 bridgehead atoms. The third kappa shape index (κ3) is 3.31. The summed E-state index contributed by atoms with van der Waals surface area (Å²) in [5.41, 5.74) is 1.14. The van der Waals surface area contributed by atoms with Crippen molar-refractivity contribution in [2.75, 3.05) is 11.9 Å². The highest BCUT2D eigenvalue weighted by molar-refractivity contribution is 14.1. The van der Waals surface area contributed by atoms with Crippen LogP contribution in [0, 0.1) is 25.5 Å². The lowest BCUT2D eigenvalue weighted by Gasteiger charge is -2.13. The van der Waals surface area contributed by atoms with Gasteiger partial charge in [0.05, 0.1) is 4.92 Å². The van der Waals surface area contributed by atoms with E-state index in [-0.39, 0.29) is 10.6 Å². The van der Waals surface area contributed by atoms with E-state index in [0.29, 0.717) is 5.92 Å². The van der Waals surface area contributed by atoms with Gasteiger partial charge in [0.2, 0.25) is 0 Å². The number of rotatable bonds is 5. The first-order valence-electron chi connectivity index (χ1n) is 5.75. The van der Waals surface area contributed by atoms with E-state index >= 15 is 0 Å². The summed E-state index contributed by atoms with van der Waals surface area (Å²) in [5.74, 6) is 1.55. The Morgan fingerprint density at radius 2 is 2.29 bits per heavy atom. The Hall–Kier alpha value is -0.850. The van der Waals surface area contributed by atoms with Crippen LogP contribution >= 0.6 is 22.6 Å². The molecule has 0 aromatic heterocycles. The van der Waals surface area contributed by atoms with Gasteiger partial charge in [-0.3, -0.25) is 10.1 Å². The van der Waals surface area contributed by atoms with Gasteiger partial charge in [0, 0.05) is 27.9 Å². The van der Waals surface area contributed by atoms with Crippen molar-refractivity contribution >= 4 is 34.0 Å². The number of nitro benzene ring substituents is 1. The van der Waals surface area contributed by atoms with E-state index in [2.05, 4.69) is 34.8 Å². The second-order valence-corrected chi connectivity index (χ2v) is 5.78. The molecule has 4 nitrogen and oxygen atoms in total. The third-order valence-electron chi connectivity index (χ3n) is 3.20. The number of halogens is 1. The standard InChI is InChI=1S/C12H15IN2O2/c1-8(9-2-3-9)7-14-12-5-4-10(15(16)17)6-11(12)13/h4-6,8-9,14H,2-3,7H2,1H3. The number of nitrogens with one attached hydrogen (secondary N) is 1. The molecule has 1 N–H and O–H groups in total. The normalized spacial score (nSPS) is 16.6. The van der Waals surface area contributed by atoms with E-state index in [1.165, 1.54) is 12.8 Å². The van der Waals surface area contributed by atoms with Gasteiger partial charge in [-0.2, -0.15) is 0 Å². The van der Waals surface area contributed by atoms with Crippen molar-refractivity contribution in [2.45, 2.75) is 19.8 Å². The van der Waals surface area contributed by atoms with E-state index in [0.717, 1.165) is 21.7 Å². The Kier molecular flexibility index (Phi) is 3.86. The van der Waals surface area contributed by atoms with Gasteiger partial charge in [-0.25, -0.2) is 0 Å². The Labute approximate surface area is 114 Å². The monoisotopic (exact) mass is 346 g/mol. The van der Waals surface area contributed by atoms with Crippen LogP contribution in [0.1, 0.15) is 19.8 Å². The van der Waals surface area contributed by atoms with Crippen molar-refractivity contribution in [3.05, 3.63) is 31.9 Å². The molecule has 1 aromatic rings. The highest BCUT2D eigenvalue weighted by Crippen LogP contribution is 2.36. The molecule has 17 heavy (non-hydrogen) atoms. The lowest BCUT2D eigenvalue weighted by atomic mass is 10.1. The van der Waals surface area contributed by atoms with Crippen LogP contribution in [-0.4, -0.2) is 11.5 Å². The van der Waals surface area contributed by atoms with Crippen LogP contribution in [0.3, 0.4) is 0 Å². The summed E-state index contributed by atoms with van der Waals surface area (Å²) in [4.78, 5) is 10.2. The van der Waals surface area contributed by atoms with Crippen LogP contribution in [0.15, 0.2) is 18.2 Å². The molecule has 92 valence electrons. The van der Waals surface area contributed by atoms with Crippen LogP contribution in [0.25, 0.3) is 0 Å².